The van der Waals surface area contributed by atoms with E-state index in [4.69, 9.17) is 16.6 Å². The molecule has 1 N–H and O–H groups in total. The maximum absolute atomic E-state index is 12.4. The fraction of sp³-hybridized carbons (Fsp3) is 0.357. The molecule has 2 heterocycles. The Bertz CT molecular complexity index is 580. The number of furan rings is 1. The summed E-state index contributed by atoms with van der Waals surface area (Å²) in [6, 6.07) is 2.53. The van der Waals surface area contributed by atoms with Crippen LogP contribution in [0.2, 0.25) is 0 Å². The molecule has 0 spiro atoms. The molecule has 21 heavy (non-hydrogen) atoms. The van der Waals surface area contributed by atoms with E-state index in [9.17, 15) is 14.7 Å². The summed E-state index contributed by atoms with van der Waals surface area (Å²) < 4.78 is 5.45. The molecule has 0 radical (unpaired) electrons. The number of carbonyl (C=O) groups is 2. The van der Waals surface area contributed by atoms with Crippen molar-refractivity contribution < 1.29 is 19.1 Å². The van der Waals surface area contributed by atoms with Crippen LogP contribution in [0.3, 0.4) is 0 Å². The number of thioether (sulfide) groups is 1. The van der Waals surface area contributed by atoms with E-state index in [1.54, 1.807) is 18.2 Å². The van der Waals surface area contributed by atoms with Crippen LogP contribution in [0.4, 0.5) is 0 Å². The summed E-state index contributed by atoms with van der Waals surface area (Å²) in [5.41, 5.74) is 0. The summed E-state index contributed by atoms with van der Waals surface area (Å²) in [6.07, 6.45) is 5.07. The minimum atomic E-state index is -1.03. The van der Waals surface area contributed by atoms with Crippen molar-refractivity contribution in [3.63, 3.8) is 0 Å². The Balaban J connectivity index is 2.22. The van der Waals surface area contributed by atoms with Crippen molar-refractivity contribution >= 4 is 46.3 Å². The second kappa shape index (κ2) is 6.91. The lowest BCUT2D eigenvalue weighted by Crippen LogP contribution is -2.43. The van der Waals surface area contributed by atoms with Gasteiger partial charge in [0.15, 0.2) is 0 Å². The molecule has 1 aliphatic heterocycles. The second-order valence-electron chi connectivity index (χ2n) is 4.56. The molecule has 7 heteroatoms. The van der Waals surface area contributed by atoms with Gasteiger partial charge >= 0.3 is 5.97 Å². The smallest absolute Gasteiger partial charge is 0.326 e. The van der Waals surface area contributed by atoms with Gasteiger partial charge < -0.3 is 9.52 Å². The van der Waals surface area contributed by atoms with Gasteiger partial charge in [-0.3, -0.25) is 9.69 Å². The first-order chi connectivity index (χ1) is 10.0. The third kappa shape index (κ3) is 3.54. The van der Waals surface area contributed by atoms with Gasteiger partial charge in [0.05, 0.1) is 11.2 Å². The Morgan fingerprint density at radius 1 is 1.62 bits per heavy atom. The van der Waals surface area contributed by atoms with Crippen LogP contribution in [-0.4, -0.2) is 32.2 Å². The lowest BCUT2D eigenvalue weighted by Gasteiger charge is -2.22. The maximum Gasteiger partial charge on any atom is 0.326 e. The highest BCUT2D eigenvalue weighted by molar-refractivity contribution is 8.26. The van der Waals surface area contributed by atoms with E-state index in [0.717, 1.165) is 24.6 Å². The number of rotatable bonds is 6. The number of amides is 1. The van der Waals surface area contributed by atoms with Gasteiger partial charge in [-0.1, -0.05) is 43.7 Å². The number of hydrogen-bond acceptors (Lipinski definition) is 5. The van der Waals surface area contributed by atoms with Crippen LogP contribution in [0.25, 0.3) is 6.08 Å². The van der Waals surface area contributed by atoms with E-state index in [2.05, 4.69) is 0 Å². The normalized spacial score (nSPS) is 18.5. The topological polar surface area (TPSA) is 70.8 Å². The number of unbranched alkanes of at least 4 members (excludes halogenated alkanes) is 1. The van der Waals surface area contributed by atoms with Crippen molar-refractivity contribution in [1.29, 1.82) is 0 Å². The van der Waals surface area contributed by atoms with Crippen LogP contribution >= 0.6 is 24.0 Å². The maximum atomic E-state index is 12.4. The largest absolute Gasteiger partial charge is 0.480 e. The van der Waals surface area contributed by atoms with Crippen LogP contribution in [0.15, 0.2) is 27.7 Å². The number of aliphatic carboxylic acids is 1. The highest BCUT2D eigenvalue weighted by Crippen LogP contribution is 2.35. The van der Waals surface area contributed by atoms with Gasteiger partial charge in [-0.05, 0) is 18.6 Å². The minimum absolute atomic E-state index is 0.279. The molecular formula is C14H15NO4S2. The van der Waals surface area contributed by atoms with Crippen molar-refractivity contribution in [1.82, 2.24) is 4.90 Å². The molecule has 1 aromatic heterocycles. The molecule has 5 nitrogen and oxygen atoms in total. The Morgan fingerprint density at radius 2 is 2.38 bits per heavy atom. The van der Waals surface area contributed by atoms with Crippen LogP contribution in [0.5, 0.6) is 0 Å². The molecule has 1 saturated heterocycles. The lowest BCUT2D eigenvalue weighted by molar-refractivity contribution is -0.145. The molecular weight excluding hydrogens is 310 g/mol. The summed E-state index contributed by atoms with van der Waals surface area (Å²) in [4.78, 5) is 25.4. The number of hydrogen-bond donors (Lipinski definition) is 1. The average Bonchev–Trinajstić information content (AvgIpc) is 3.02. The van der Waals surface area contributed by atoms with Gasteiger partial charge in [0, 0.05) is 6.08 Å². The van der Waals surface area contributed by atoms with Crippen LogP contribution in [0.1, 0.15) is 31.9 Å². The standard InChI is InChI=1S/C14H15NO4S2/c1-2-3-6-10(13(17)18)15-12(16)11(21-14(15)20)8-9-5-4-7-19-9/h4-5,7-8,10H,2-3,6H2,1H3,(H,17,18)/b11-8+/t10-/m0/s1. The number of carbonyl (C=O) groups excluding carboxylic acids is 1. The zero-order valence-electron chi connectivity index (χ0n) is 11.4. The summed E-state index contributed by atoms with van der Waals surface area (Å²) in [6.45, 7) is 1.97. The number of nitrogens with zero attached hydrogens (tertiary/aromatic N) is 1. The van der Waals surface area contributed by atoms with Crippen LogP contribution < -0.4 is 0 Å². The lowest BCUT2D eigenvalue weighted by atomic mass is 10.1. The Kier molecular flexibility index (Phi) is 5.19. The zero-order chi connectivity index (χ0) is 15.4. The predicted molar refractivity (Wildman–Crippen MR) is 84.7 cm³/mol. The van der Waals surface area contributed by atoms with Crippen molar-refractivity contribution in [2.24, 2.45) is 0 Å². The first-order valence-corrected chi connectivity index (χ1v) is 7.80. The molecule has 0 aromatic carbocycles. The summed E-state index contributed by atoms with van der Waals surface area (Å²) >= 11 is 6.27. The molecule has 112 valence electrons. The van der Waals surface area contributed by atoms with Crippen molar-refractivity contribution in [2.75, 3.05) is 0 Å². The van der Waals surface area contributed by atoms with Gasteiger partial charge in [-0.25, -0.2) is 4.79 Å². The third-order valence-electron chi connectivity index (χ3n) is 3.07. The van der Waals surface area contributed by atoms with Gasteiger partial charge in [-0.2, -0.15) is 0 Å². The molecule has 0 unspecified atom stereocenters. The Morgan fingerprint density at radius 3 is 2.95 bits per heavy atom. The van der Waals surface area contributed by atoms with E-state index >= 15 is 0 Å². The fourth-order valence-electron chi connectivity index (χ4n) is 2.01. The molecule has 0 aliphatic carbocycles. The monoisotopic (exact) mass is 325 g/mol. The number of carboxylic acids is 1. The Hall–Kier alpha value is -1.60. The minimum Gasteiger partial charge on any atom is -0.480 e. The first kappa shape index (κ1) is 15.8. The summed E-state index contributed by atoms with van der Waals surface area (Å²) in [7, 11) is 0. The van der Waals surface area contributed by atoms with E-state index in [-0.39, 0.29) is 10.2 Å². The zero-order valence-corrected chi connectivity index (χ0v) is 13.1. The Labute approximate surface area is 132 Å². The summed E-state index contributed by atoms with van der Waals surface area (Å²) in [5.74, 6) is -0.861. The van der Waals surface area contributed by atoms with Gasteiger partial charge in [0.2, 0.25) is 0 Å². The van der Waals surface area contributed by atoms with Crippen molar-refractivity contribution in [3.05, 3.63) is 29.1 Å². The molecule has 1 aliphatic rings. The molecule has 1 fully saturated rings. The van der Waals surface area contributed by atoms with Crippen molar-refractivity contribution in [2.45, 2.75) is 32.2 Å². The average molecular weight is 325 g/mol. The summed E-state index contributed by atoms with van der Waals surface area (Å²) in [5, 5.41) is 9.34. The molecule has 0 saturated carbocycles. The first-order valence-electron chi connectivity index (χ1n) is 6.58. The molecule has 2 rings (SSSR count). The highest BCUT2D eigenvalue weighted by atomic mass is 32.2. The number of carboxylic acid groups (broad SMARTS) is 1. The fourth-order valence-corrected chi connectivity index (χ4v) is 3.35. The highest BCUT2D eigenvalue weighted by Gasteiger charge is 2.40. The van der Waals surface area contributed by atoms with E-state index in [1.165, 1.54) is 11.2 Å². The third-order valence-corrected chi connectivity index (χ3v) is 4.40. The van der Waals surface area contributed by atoms with Crippen LogP contribution in [0, 0.1) is 0 Å². The van der Waals surface area contributed by atoms with Gasteiger partial charge in [0.25, 0.3) is 5.91 Å². The predicted octanol–water partition coefficient (Wildman–Crippen LogP) is 3.12. The van der Waals surface area contributed by atoms with E-state index in [0.29, 0.717) is 17.1 Å². The quantitative estimate of drug-likeness (QED) is 0.640. The van der Waals surface area contributed by atoms with Crippen molar-refractivity contribution in [3.8, 4) is 0 Å². The van der Waals surface area contributed by atoms with Crippen LogP contribution in [-0.2, 0) is 9.59 Å². The molecule has 1 atom stereocenters. The van der Waals surface area contributed by atoms with E-state index in [1.807, 2.05) is 6.92 Å². The second-order valence-corrected chi connectivity index (χ2v) is 6.24. The molecule has 0 bridgehead atoms. The van der Waals surface area contributed by atoms with Gasteiger partial charge in [0.1, 0.15) is 16.1 Å². The molecule has 1 amide bonds. The number of thiocarbonyl (C=S) groups is 1. The molecule has 1 aromatic rings. The van der Waals surface area contributed by atoms with Gasteiger partial charge in [-0.15, -0.1) is 0 Å². The SMILES string of the molecule is CCCC[C@@H](C(=O)O)N1C(=O)/C(=C\c2ccco2)SC1=S. The van der Waals surface area contributed by atoms with E-state index < -0.39 is 12.0 Å².